The van der Waals surface area contributed by atoms with E-state index in [4.69, 9.17) is 4.74 Å². The summed E-state index contributed by atoms with van der Waals surface area (Å²) in [5.41, 5.74) is -0.179. The van der Waals surface area contributed by atoms with Crippen LogP contribution in [-0.2, 0) is 15.7 Å². The second-order valence-corrected chi connectivity index (χ2v) is 5.00. The number of ether oxygens (including phenoxy) is 1. The van der Waals surface area contributed by atoms with E-state index in [1.54, 1.807) is 20.2 Å². The molecule has 0 spiro atoms. The van der Waals surface area contributed by atoms with E-state index in [9.17, 15) is 18.0 Å². The molecule has 0 aliphatic carbocycles. The molecule has 0 radical (unpaired) electrons. The van der Waals surface area contributed by atoms with Gasteiger partial charge in [0.2, 0.25) is 5.91 Å². The highest BCUT2D eigenvalue weighted by Gasteiger charge is 2.31. The lowest BCUT2D eigenvalue weighted by atomic mass is 10.0. The SMILES string of the molecule is CNC(=O)CCN(C)C(COC)c1cccc(C(F)(F)F)c1. The zero-order chi connectivity index (χ0) is 16.8. The Morgan fingerprint density at radius 1 is 1.41 bits per heavy atom. The van der Waals surface area contributed by atoms with Gasteiger partial charge in [-0.15, -0.1) is 0 Å². The molecule has 4 nitrogen and oxygen atoms in total. The minimum Gasteiger partial charge on any atom is -0.383 e. The van der Waals surface area contributed by atoms with Gasteiger partial charge in [0.05, 0.1) is 18.2 Å². The molecule has 0 heterocycles. The van der Waals surface area contributed by atoms with Crippen LogP contribution >= 0.6 is 0 Å². The van der Waals surface area contributed by atoms with Crippen LogP contribution in [0.2, 0.25) is 0 Å². The molecule has 1 aromatic rings. The first-order valence-corrected chi connectivity index (χ1v) is 6.86. The van der Waals surface area contributed by atoms with Crippen molar-refractivity contribution >= 4 is 5.91 Å². The number of benzene rings is 1. The number of hydrogen-bond acceptors (Lipinski definition) is 3. The summed E-state index contributed by atoms with van der Waals surface area (Å²) in [7, 11) is 4.79. The number of alkyl halides is 3. The monoisotopic (exact) mass is 318 g/mol. The Bertz CT molecular complexity index is 492. The lowest BCUT2D eigenvalue weighted by Gasteiger charge is -2.28. The van der Waals surface area contributed by atoms with Crippen molar-refractivity contribution in [2.75, 3.05) is 34.4 Å². The summed E-state index contributed by atoms with van der Waals surface area (Å²) in [4.78, 5) is 13.1. The van der Waals surface area contributed by atoms with Crippen LogP contribution in [0.3, 0.4) is 0 Å². The van der Waals surface area contributed by atoms with Crippen molar-refractivity contribution < 1.29 is 22.7 Å². The average molecular weight is 318 g/mol. The maximum atomic E-state index is 12.8. The standard InChI is InChI=1S/C15H21F3N2O2/c1-19-14(21)7-8-20(2)13(10-22-3)11-5-4-6-12(9-11)15(16,17)18/h4-6,9,13H,7-8,10H2,1-3H3,(H,19,21). The van der Waals surface area contributed by atoms with E-state index >= 15 is 0 Å². The highest BCUT2D eigenvalue weighted by Crippen LogP contribution is 2.31. The predicted molar refractivity (Wildman–Crippen MR) is 77.4 cm³/mol. The van der Waals surface area contributed by atoms with Crippen molar-refractivity contribution in [1.29, 1.82) is 0 Å². The molecule has 0 saturated heterocycles. The summed E-state index contributed by atoms with van der Waals surface area (Å²) in [5.74, 6) is -0.118. The molecule has 1 unspecified atom stereocenters. The van der Waals surface area contributed by atoms with Crippen molar-refractivity contribution in [1.82, 2.24) is 10.2 Å². The fourth-order valence-corrected chi connectivity index (χ4v) is 2.12. The molecule has 1 amide bonds. The summed E-state index contributed by atoms with van der Waals surface area (Å²) < 4.78 is 43.6. The smallest absolute Gasteiger partial charge is 0.383 e. The molecular weight excluding hydrogens is 297 g/mol. The van der Waals surface area contributed by atoms with Crippen LogP contribution in [0.1, 0.15) is 23.6 Å². The number of methoxy groups -OCH3 is 1. The predicted octanol–water partition coefficient (Wildman–Crippen LogP) is 2.46. The highest BCUT2D eigenvalue weighted by molar-refractivity contribution is 5.75. The zero-order valence-electron chi connectivity index (χ0n) is 12.9. The van der Waals surface area contributed by atoms with Gasteiger partial charge < -0.3 is 10.1 Å². The van der Waals surface area contributed by atoms with E-state index in [0.717, 1.165) is 12.1 Å². The van der Waals surface area contributed by atoms with Gasteiger partial charge in [-0.25, -0.2) is 0 Å². The molecule has 7 heteroatoms. The van der Waals surface area contributed by atoms with Crippen LogP contribution in [0.4, 0.5) is 13.2 Å². The Labute approximate surface area is 128 Å². The van der Waals surface area contributed by atoms with Crippen LogP contribution in [0.25, 0.3) is 0 Å². The summed E-state index contributed by atoms with van der Waals surface area (Å²) in [6, 6.07) is 4.83. The molecule has 0 aliphatic rings. The third-order valence-electron chi connectivity index (χ3n) is 3.43. The third kappa shape index (κ3) is 5.31. The molecule has 1 N–H and O–H groups in total. The lowest BCUT2D eigenvalue weighted by Crippen LogP contribution is -2.32. The summed E-state index contributed by atoms with van der Waals surface area (Å²) >= 11 is 0. The molecule has 0 aliphatic heterocycles. The number of nitrogens with zero attached hydrogens (tertiary/aromatic N) is 1. The molecule has 0 aromatic heterocycles. The Morgan fingerprint density at radius 3 is 2.64 bits per heavy atom. The van der Waals surface area contributed by atoms with Gasteiger partial charge in [0.1, 0.15) is 0 Å². The second-order valence-electron chi connectivity index (χ2n) is 5.00. The van der Waals surface area contributed by atoms with Crippen LogP contribution in [0.5, 0.6) is 0 Å². The van der Waals surface area contributed by atoms with Gasteiger partial charge in [0.15, 0.2) is 0 Å². The number of carbonyl (C=O) groups excluding carboxylic acids is 1. The van der Waals surface area contributed by atoms with Crippen LogP contribution < -0.4 is 5.32 Å². The number of amides is 1. The first kappa shape index (κ1) is 18.4. The van der Waals surface area contributed by atoms with E-state index in [0.29, 0.717) is 12.1 Å². The molecule has 1 aromatic carbocycles. The summed E-state index contributed by atoms with van der Waals surface area (Å²) in [6.45, 7) is 0.662. The molecule has 22 heavy (non-hydrogen) atoms. The highest BCUT2D eigenvalue weighted by atomic mass is 19.4. The number of likely N-dealkylation sites (N-methyl/N-ethyl adjacent to an activating group) is 1. The first-order chi connectivity index (χ1) is 10.3. The van der Waals surface area contributed by atoms with Crippen LogP contribution in [0.15, 0.2) is 24.3 Å². The zero-order valence-corrected chi connectivity index (χ0v) is 12.9. The fourth-order valence-electron chi connectivity index (χ4n) is 2.12. The van der Waals surface area contributed by atoms with Gasteiger partial charge in [0, 0.05) is 27.1 Å². The normalized spacial score (nSPS) is 13.2. The molecule has 0 saturated carbocycles. The minimum atomic E-state index is -4.38. The van der Waals surface area contributed by atoms with Crippen molar-refractivity contribution in [3.8, 4) is 0 Å². The average Bonchev–Trinajstić information content (AvgIpc) is 2.49. The number of rotatable bonds is 7. The minimum absolute atomic E-state index is 0.118. The van der Waals surface area contributed by atoms with E-state index in [1.165, 1.54) is 13.2 Å². The van der Waals surface area contributed by atoms with Crippen molar-refractivity contribution in [2.24, 2.45) is 0 Å². The van der Waals surface area contributed by atoms with Gasteiger partial charge in [-0.05, 0) is 24.7 Å². The van der Waals surface area contributed by atoms with Crippen molar-refractivity contribution in [3.63, 3.8) is 0 Å². The molecule has 0 fully saturated rings. The lowest BCUT2D eigenvalue weighted by molar-refractivity contribution is -0.137. The molecular formula is C15H21F3N2O2. The summed E-state index contributed by atoms with van der Waals surface area (Å²) in [5, 5.41) is 2.51. The number of nitrogens with one attached hydrogen (secondary N) is 1. The van der Waals surface area contributed by atoms with Gasteiger partial charge in [0.25, 0.3) is 0 Å². The Kier molecular flexibility index (Phi) is 6.83. The maximum absolute atomic E-state index is 12.8. The number of carbonyl (C=O) groups is 1. The van der Waals surface area contributed by atoms with Gasteiger partial charge in [-0.1, -0.05) is 12.1 Å². The van der Waals surface area contributed by atoms with Crippen molar-refractivity contribution in [3.05, 3.63) is 35.4 Å². The number of hydrogen-bond donors (Lipinski definition) is 1. The van der Waals surface area contributed by atoms with Crippen molar-refractivity contribution in [2.45, 2.75) is 18.6 Å². The topological polar surface area (TPSA) is 41.6 Å². The molecule has 0 bridgehead atoms. The maximum Gasteiger partial charge on any atom is 0.416 e. The van der Waals surface area contributed by atoms with Gasteiger partial charge in [-0.3, -0.25) is 9.69 Å². The van der Waals surface area contributed by atoms with E-state index in [1.807, 2.05) is 4.90 Å². The molecule has 1 rings (SSSR count). The fraction of sp³-hybridized carbons (Fsp3) is 0.533. The Balaban J connectivity index is 2.92. The number of halogens is 3. The Morgan fingerprint density at radius 2 is 2.09 bits per heavy atom. The Hall–Kier alpha value is -1.60. The quantitative estimate of drug-likeness (QED) is 0.840. The van der Waals surface area contributed by atoms with Crippen LogP contribution in [0, 0.1) is 0 Å². The third-order valence-corrected chi connectivity index (χ3v) is 3.43. The first-order valence-electron chi connectivity index (χ1n) is 6.86. The molecule has 124 valence electrons. The van der Waals surface area contributed by atoms with Gasteiger partial charge in [-0.2, -0.15) is 13.2 Å². The van der Waals surface area contributed by atoms with E-state index < -0.39 is 11.7 Å². The van der Waals surface area contributed by atoms with E-state index in [-0.39, 0.29) is 25.0 Å². The molecule has 1 atom stereocenters. The summed E-state index contributed by atoms with van der Waals surface area (Å²) in [6.07, 6.45) is -4.11. The van der Waals surface area contributed by atoms with Gasteiger partial charge >= 0.3 is 6.18 Å². The van der Waals surface area contributed by atoms with E-state index in [2.05, 4.69) is 5.32 Å². The second kappa shape index (κ2) is 8.14. The largest absolute Gasteiger partial charge is 0.416 e. The van der Waals surface area contributed by atoms with Crippen LogP contribution in [-0.4, -0.2) is 45.2 Å².